The lowest BCUT2D eigenvalue weighted by molar-refractivity contribution is -0.121. The molecule has 140 valence electrons. The van der Waals surface area contributed by atoms with Gasteiger partial charge in [0.05, 0.1) is 13.2 Å². The normalized spacial score (nSPS) is 13.3. The van der Waals surface area contributed by atoms with Crippen molar-refractivity contribution >= 4 is 17.5 Å². The first-order valence-electron chi connectivity index (χ1n) is 8.74. The highest BCUT2D eigenvalue weighted by Gasteiger charge is 2.19. The molecule has 2 unspecified atom stereocenters. The van der Waals surface area contributed by atoms with E-state index in [0.717, 1.165) is 16.9 Å². The van der Waals surface area contributed by atoms with E-state index in [0.29, 0.717) is 18.0 Å². The molecule has 5 heteroatoms. The van der Waals surface area contributed by atoms with Crippen LogP contribution in [0.25, 0.3) is 0 Å². The highest BCUT2D eigenvalue weighted by molar-refractivity contribution is 6.31. The predicted molar refractivity (Wildman–Crippen MR) is 107 cm³/mol. The number of halogens is 1. The second-order valence-corrected chi connectivity index (χ2v) is 7.09. The largest absolute Gasteiger partial charge is 0.497 e. The number of hydrogen-bond acceptors (Lipinski definition) is 3. The Labute approximate surface area is 161 Å². The van der Waals surface area contributed by atoms with Gasteiger partial charge >= 0.3 is 0 Å². The quantitative estimate of drug-likeness (QED) is 0.750. The highest BCUT2D eigenvalue weighted by atomic mass is 35.5. The fourth-order valence-electron chi connectivity index (χ4n) is 2.93. The summed E-state index contributed by atoms with van der Waals surface area (Å²) in [5, 5.41) is 3.76. The zero-order valence-corrected chi connectivity index (χ0v) is 16.6. The summed E-state index contributed by atoms with van der Waals surface area (Å²) in [4.78, 5) is 14.5. The number of ether oxygens (including phenoxy) is 1. The molecule has 0 aliphatic heterocycles. The number of hydrogen-bond donors (Lipinski definition) is 1. The smallest absolute Gasteiger partial charge is 0.220 e. The van der Waals surface area contributed by atoms with Gasteiger partial charge in [-0.15, -0.1) is 0 Å². The van der Waals surface area contributed by atoms with Crippen molar-refractivity contribution in [3.63, 3.8) is 0 Å². The van der Waals surface area contributed by atoms with Crippen LogP contribution in [0.15, 0.2) is 48.5 Å². The van der Waals surface area contributed by atoms with E-state index in [-0.39, 0.29) is 17.9 Å². The number of rotatable bonds is 8. The van der Waals surface area contributed by atoms with E-state index in [1.807, 2.05) is 62.6 Å². The van der Waals surface area contributed by atoms with Crippen LogP contribution in [0.4, 0.5) is 0 Å². The molecular weight excluding hydrogens is 348 g/mol. The van der Waals surface area contributed by atoms with Gasteiger partial charge in [0.25, 0.3) is 0 Å². The lowest BCUT2D eigenvalue weighted by atomic mass is 9.97. The molecule has 0 radical (unpaired) electrons. The molecule has 0 heterocycles. The molecule has 1 amide bonds. The summed E-state index contributed by atoms with van der Waals surface area (Å²) in [7, 11) is 5.62. The average molecular weight is 375 g/mol. The monoisotopic (exact) mass is 374 g/mol. The Kier molecular flexibility index (Phi) is 7.49. The van der Waals surface area contributed by atoms with Crippen molar-refractivity contribution in [2.24, 2.45) is 0 Å². The van der Waals surface area contributed by atoms with Crippen LogP contribution in [0, 0.1) is 0 Å². The van der Waals surface area contributed by atoms with Gasteiger partial charge in [0.15, 0.2) is 0 Å². The standard InChI is InChI=1S/C21H27ClN2O2/c1-15(16-9-11-17(26-4)12-10-16)13-21(25)23-14-20(24(2)3)18-7-5-6-8-19(18)22/h5-12,15,20H,13-14H2,1-4H3,(H,23,25). The molecular formula is C21H27ClN2O2. The number of carbonyl (C=O) groups is 1. The Morgan fingerprint density at radius 2 is 1.81 bits per heavy atom. The Morgan fingerprint density at radius 3 is 2.38 bits per heavy atom. The number of nitrogens with one attached hydrogen (secondary N) is 1. The number of methoxy groups -OCH3 is 1. The maximum absolute atomic E-state index is 12.4. The Bertz CT molecular complexity index is 716. The number of carbonyl (C=O) groups excluding carboxylic acids is 1. The molecule has 2 aromatic rings. The van der Waals surface area contributed by atoms with Crippen LogP contribution in [0.2, 0.25) is 5.02 Å². The van der Waals surface area contributed by atoms with Gasteiger partial charge in [-0.25, -0.2) is 0 Å². The molecule has 0 aromatic heterocycles. The van der Waals surface area contributed by atoms with Gasteiger partial charge in [-0.2, -0.15) is 0 Å². The zero-order chi connectivity index (χ0) is 19.1. The second-order valence-electron chi connectivity index (χ2n) is 6.68. The van der Waals surface area contributed by atoms with Gasteiger partial charge in [-0.1, -0.05) is 48.9 Å². The molecule has 2 aromatic carbocycles. The first-order valence-corrected chi connectivity index (χ1v) is 9.11. The van der Waals surface area contributed by atoms with Crippen LogP contribution in [0.5, 0.6) is 5.75 Å². The van der Waals surface area contributed by atoms with Crippen molar-refractivity contribution in [3.8, 4) is 5.75 Å². The van der Waals surface area contributed by atoms with Crippen molar-refractivity contribution in [2.75, 3.05) is 27.7 Å². The Balaban J connectivity index is 1.94. The first-order chi connectivity index (χ1) is 12.4. The van der Waals surface area contributed by atoms with E-state index in [2.05, 4.69) is 17.1 Å². The van der Waals surface area contributed by atoms with Gasteiger partial charge in [0.1, 0.15) is 5.75 Å². The van der Waals surface area contributed by atoms with Crippen LogP contribution in [0.3, 0.4) is 0 Å². The molecule has 0 saturated heterocycles. The summed E-state index contributed by atoms with van der Waals surface area (Å²) in [5.74, 6) is 0.991. The lowest BCUT2D eigenvalue weighted by Gasteiger charge is -2.26. The van der Waals surface area contributed by atoms with E-state index in [1.54, 1.807) is 7.11 Å². The second kappa shape index (κ2) is 9.60. The van der Waals surface area contributed by atoms with Crippen molar-refractivity contribution in [3.05, 3.63) is 64.7 Å². The molecule has 4 nitrogen and oxygen atoms in total. The topological polar surface area (TPSA) is 41.6 Å². The van der Waals surface area contributed by atoms with Gasteiger partial charge in [-0.3, -0.25) is 4.79 Å². The summed E-state index contributed by atoms with van der Waals surface area (Å²) >= 11 is 6.32. The minimum atomic E-state index is 0.0314. The van der Waals surface area contributed by atoms with Crippen molar-refractivity contribution in [1.82, 2.24) is 10.2 Å². The third kappa shape index (κ3) is 5.48. The third-order valence-corrected chi connectivity index (χ3v) is 4.90. The summed E-state index contributed by atoms with van der Waals surface area (Å²) in [6.07, 6.45) is 0.439. The lowest BCUT2D eigenvalue weighted by Crippen LogP contribution is -2.35. The number of nitrogens with zero attached hydrogens (tertiary/aromatic N) is 1. The van der Waals surface area contributed by atoms with Crippen LogP contribution < -0.4 is 10.1 Å². The predicted octanol–water partition coefficient (Wildman–Crippen LogP) is 4.26. The van der Waals surface area contributed by atoms with E-state index in [1.165, 1.54) is 0 Å². The molecule has 1 N–H and O–H groups in total. The van der Waals surface area contributed by atoms with Gasteiger partial charge < -0.3 is 15.0 Å². The molecule has 0 saturated carbocycles. The molecule has 26 heavy (non-hydrogen) atoms. The van der Waals surface area contributed by atoms with E-state index < -0.39 is 0 Å². The van der Waals surface area contributed by atoms with Gasteiger partial charge in [0, 0.05) is 18.0 Å². The minimum absolute atomic E-state index is 0.0314. The zero-order valence-electron chi connectivity index (χ0n) is 15.8. The fraction of sp³-hybridized carbons (Fsp3) is 0.381. The molecule has 0 fully saturated rings. The van der Waals surface area contributed by atoms with Gasteiger partial charge in [-0.05, 0) is 49.3 Å². The van der Waals surface area contributed by atoms with Crippen LogP contribution >= 0.6 is 11.6 Å². The Morgan fingerprint density at radius 1 is 1.15 bits per heavy atom. The average Bonchev–Trinajstić information content (AvgIpc) is 2.63. The van der Waals surface area contributed by atoms with Crippen molar-refractivity contribution in [2.45, 2.75) is 25.3 Å². The van der Waals surface area contributed by atoms with Crippen LogP contribution in [-0.2, 0) is 4.79 Å². The van der Waals surface area contributed by atoms with E-state index in [9.17, 15) is 4.79 Å². The maximum atomic E-state index is 12.4. The number of benzene rings is 2. The molecule has 2 rings (SSSR count). The molecule has 0 spiro atoms. The highest BCUT2D eigenvalue weighted by Crippen LogP contribution is 2.26. The molecule has 0 aliphatic rings. The fourth-order valence-corrected chi connectivity index (χ4v) is 3.19. The minimum Gasteiger partial charge on any atom is -0.497 e. The van der Waals surface area contributed by atoms with Crippen LogP contribution in [-0.4, -0.2) is 38.6 Å². The summed E-state index contributed by atoms with van der Waals surface area (Å²) < 4.78 is 5.17. The van der Waals surface area contributed by atoms with Crippen molar-refractivity contribution < 1.29 is 9.53 Å². The van der Waals surface area contributed by atoms with Crippen LogP contribution in [0.1, 0.15) is 36.4 Å². The number of likely N-dealkylation sites (N-methyl/N-ethyl adjacent to an activating group) is 1. The SMILES string of the molecule is COc1ccc(C(C)CC(=O)NCC(c2ccccc2Cl)N(C)C)cc1. The summed E-state index contributed by atoms with van der Waals surface area (Å²) in [6, 6.07) is 15.6. The van der Waals surface area contributed by atoms with E-state index >= 15 is 0 Å². The van der Waals surface area contributed by atoms with E-state index in [4.69, 9.17) is 16.3 Å². The first kappa shape index (κ1) is 20.3. The Hall–Kier alpha value is -2.04. The molecule has 0 aliphatic carbocycles. The summed E-state index contributed by atoms with van der Waals surface area (Å²) in [6.45, 7) is 2.57. The van der Waals surface area contributed by atoms with Crippen molar-refractivity contribution in [1.29, 1.82) is 0 Å². The number of amides is 1. The van der Waals surface area contributed by atoms with Gasteiger partial charge in [0.2, 0.25) is 5.91 Å². The third-order valence-electron chi connectivity index (χ3n) is 4.56. The molecule has 0 bridgehead atoms. The molecule has 2 atom stereocenters. The maximum Gasteiger partial charge on any atom is 0.220 e. The summed E-state index contributed by atoms with van der Waals surface area (Å²) in [5.41, 5.74) is 2.14.